The largest absolute Gasteiger partial charge is 0.368 e. The van der Waals surface area contributed by atoms with E-state index >= 15 is 0 Å². The van der Waals surface area contributed by atoms with Crippen LogP contribution in [0.15, 0.2) is 79.3 Å². The van der Waals surface area contributed by atoms with Crippen molar-refractivity contribution in [3.8, 4) is 16.8 Å². The smallest absolute Gasteiger partial charge is 0.150 e. The number of rotatable bonds is 4. The maximum Gasteiger partial charge on any atom is 0.150 e. The Hall–Kier alpha value is -3.83. The highest BCUT2D eigenvalue weighted by molar-refractivity contribution is 6.31. The Labute approximate surface area is 223 Å². The van der Waals surface area contributed by atoms with Gasteiger partial charge in [-0.15, -0.1) is 0 Å². The van der Waals surface area contributed by atoms with E-state index in [1.807, 2.05) is 19.1 Å². The number of halogens is 1. The van der Waals surface area contributed by atoms with Crippen molar-refractivity contribution in [2.24, 2.45) is 0 Å². The van der Waals surface area contributed by atoms with Gasteiger partial charge in [0.1, 0.15) is 12.1 Å². The molecular weight excluding hydrogens is 478 g/mol. The standard InChI is InChI=1S/C31H30ClN5/c1-21-9-10-23(3)28(17-21)35-13-15-36(16-14-35)30-29-26(24-7-5-4-6-8-24)19-37(31(29)34-20-33-30)25-12-11-22(2)27(32)18-25/h4-12,17-20H,13-16H2,1-3H3. The molecule has 0 unspecified atom stereocenters. The molecule has 0 spiro atoms. The summed E-state index contributed by atoms with van der Waals surface area (Å²) in [6.45, 7) is 10.1. The summed E-state index contributed by atoms with van der Waals surface area (Å²) in [6.07, 6.45) is 3.86. The molecule has 6 heteroatoms. The zero-order valence-corrected chi connectivity index (χ0v) is 22.2. The van der Waals surface area contributed by atoms with Gasteiger partial charge in [-0.3, -0.25) is 0 Å². The summed E-state index contributed by atoms with van der Waals surface area (Å²) in [5.74, 6) is 0.987. The second-order valence-corrected chi connectivity index (χ2v) is 10.3. The van der Waals surface area contributed by atoms with Crippen LogP contribution in [0.1, 0.15) is 16.7 Å². The minimum Gasteiger partial charge on any atom is -0.368 e. The number of fused-ring (bicyclic) bond motifs is 1. The minimum absolute atomic E-state index is 0.748. The van der Waals surface area contributed by atoms with Gasteiger partial charge in [0.15, 0.2) is 5.65 Å². The lowest BCUT2D eigenvalue weighted by atomic mass is 10.1. The molecule has 186 valence electrons. The highest BCUT2D eigenvalue weighted by Gasteiger charge is 2.25. The number of benzene rings is 3. The van der Waals surface area contributed by atoms with E-state index in [9.17, 15) is 0 Å². The Morgan fingerprint density at radius 2 is 1.49 bits per heavy atom. The van der Waals surface area contributed by atoms with Crippen LogP contribution in [0.3, 0.4) is 0 Å². The van der Waals surface area contributed by atoms with Gasteiger partial charge in [0.25, 0.3) is 0 Å². The van der Waals surface area contributed by atoms with Crippen LogP contribution in [-0.4, -0.2) is 40.7 Å². The first-order chi connectivity index (χ1) is 18.0. The van der Waals surface area contributed by atoms with Crippen molar-refractivity contribution in [1.82, 2.24) is 14.5 Å². The summed E-state index contributed by atoms with van der Waals surface area (Å²) in [4.78, 5) is 14.5. The van der Waals surface area contributed by atoms with E-state index in [0.717, 1.165) is 70.4 Å². The molecule has 0 amide bonds. The third kappa shape index (κ3) is 4.34. The van der Waals surface area contributed by atoms with Crippen molar-refractivity contribution in [3.63, 3.8) is 0 Å². The maximum absolute atomic E-state index is 6.52. The fourth-order valence-electron chi connectivity index (χ4n) is 5.27. The predicted octanol–water partition coefficient (Wildman–Crippen LogP) is 6.99. The third-order valence-corrected chi connectivity index (χ3v) is 7.77. The molecule has 5 nitrogen and oxygen atoms in total. The number of nitrogens with zero attached hydrogens (tertiary/aromatic N) is 5. The molecular formula is C31H30ClN5. The molecule has 37 heavy (non-hydrogen) atoms. The van der Waals surface area contributed by atoms with Gasteiger partial charge in [-0.25, -0.2) is 9.97 Å². The molecule has 1 aliphatic rings. The van der Waals surface area contributed by atoms with Crippen molar-refractivity contribution in [1.29, 1.82) is 0 Å². The Balaban J connectivity index is 1.43. The molecule has 0 radical (unpaired) electrons. The Kier molecular flexibility index (Phi) is 6.09. The van der Waals surface area contributed by atoms with Gasteiger partial charge < -0.3 is 14.4 Å². The molecule has 5 aromatic rings. The van der Waals surface area contributed by atoms with Crippen molar-refractivity contribution < 1.29 is 0 Å². The zero-order chi connectivity index (χ0) is 25.5. The van der Waals surface area contributed by atoms with Crippen LogP contribution in [0, 0.1) is 20.8 Å². The van der Waals surface area contributed by atoms with Crippen LogP contribution < -0.4 is 9.80 Å². The Morgan fingerprint density at radius 1 is 0.757 bits per heavy atom. The summed E-state index contributed by atoms with van der Waals surface area (Å²) in [5, 5.41) is 1.82. The number of aryl methyl sites for hydroxylation is 3. The molecule has 1 saturated heterocycles. The highest BCUT2D eigenvalue weighted by atomic mass is 35.5. The van der Waals surface area contributed by atoms with Crippen LogP contribution in [-0.2, 0) is 0 Å². The van der Waals surface area contributed by atoms with Gasteiger partial charge >= 0.3 is 0 Å². The van der Waals surface area contributed by atoms with E-state index in [2.05, 4.69) is 89.0 Å². The molecule has 1 aliphatic heterocycles. The quantitative estimate of drug-likeness (QED) is 0.262. The van der Waals surface area contributed by atoms with Crippen molar-refractivity contribution in [2.45, 2.75) is 20.8 Å². The van der Waals surface area contributed by atoms with Gasteiger partial charge in [-0.05, 0) is 61.2 Å². The molecule has 0 atom stereocenters. The second kappa shape index (κ2) is 9.56. The molecule has 1 fully saturated rings. The van der Waals surface area contributed by atoms with Crippen LogP contribution >= 0.6 is 11.6 Å². The normalized spacial score (nSPS) is 13.9. The number of anilines is 2. The average molecular weight is 508 g/mol. The fraction of sp³-hybridized carbons (Fsp3) is 0.226. The lowest BCUT2D eigenvalue weighted by Crippen LogP contribution is -2.47. The zero-order valence-electron chi connectivity index (χ0n) is 21.4. The highest BCUT2D eigenvalue weighted by Crippen LogP contribution is 2.37. The summed E-state index contributed by atoms with van der Waals surface area (Å²) in [5.41, 5.74) is 9.17. The Bertz CT molecular complexity index is 1580. The molecule has 3 aromatic carbocycles. The lowest BCUT2D eigenvalue weighted by Gasteiger charge is -2.37. The Morgan fingerprint density at radius 3 is 2.24 bits per heavy atom. The molecule has 0 bridgehead atoms. The number of hydrogen-bond donors (Lipinski definition) is 0. The first-order valence-corrected chi connectivity index (χ1v) is 13.1. The van der Waals surface area contributed by atoms with Gasteiger partial charge in [0, 0.05) is 54.3 Å². The fourth-order valence-corrected chi connectivity index (χ4v) is 5.44. The van der Waals surface area contributed by atoms with Crippen molar-refractivity contribution >= 4 is 34.1 Å². The average Bonchev–Trinajstić information content (AvgIpc) is 3.32. The predicted molar refractivity (Wildman–Crippen MR) is 154 cm³/mol. The van der Waals surface area contributed by atoms with E-state index in [1.165, 1.54) is 16.8 Å². The summed E-state index contributed by atoms with van der Waals surface area (Å²) < 4.78 is 2.14. The van der Waals surface area contributed by atoms with Gasteiger partial charge in [-0.1, -0.05) is 60.1 Å². The molecule has 3 heterocycles. The van der Waals surface area contributed by atoms with E-state index in [4.69, 9.17) is 21.6 Å². The lowest BCUT2D eigenvalue weighted by molar-refractivity contribution is 0.647. The molecule has 2 aromatic heterocycles. The van der Waals surface area contributed by atoms with Crippen LogP contribution in [0.5, 0.6) is 0 Å². The first kappa shape index (κ1) is 23.6. The first-order valence-electron chi connectivity index (χ1n) is 12.7. The van der Waals surface area contributed by atoms with Gasteiger partial charge in [-0.2, -0.15) is 0 Å². The number of hydrogen-bond acceptors (Lipinski definition) is 4. The topological polar surface area (TPSA) is 37.2 Å². The third-order valence-electron chi connectivity index (χ3n) is 7.37. The number of aromatic nitrogens is 3. The van der Waals surface area contributed by atoms with E-state index in [0.29, 0.717) is 0 Å². The van der Waals surface area contributed by atoms with Gasteiger partial charge in [0.2, 0.25) is 0 Å². The second-order valence-electron chi connectivity index (χ2n) is 9.87. The van der Waals surface area contributed by atoms with Crippen LogP contribution in [0.4, 0.5) is 11.5 Å². The summed E-state index contributed by atoms with van der Waals surface area (Å²) in [6, 6.07) is 23.4. The monoisotopic (exact) mass is 507 g/mol. The van der Waals surface area contributed by atoms with Crippen molar-refractivity contribution in [3.05, 3.63) is 101 Å². The van der Waals surface area contributed by atoms with Crippen molar-refractivity contribution in [2.75, 3.05) is 36.0 Å². The van der Waals surface area contributed by atoms with E-state index < -0.39 is 0 Å². The molecule has 0 saturated carbocycles. The molecule has 6 rings (SSSR count). The molecule has 0 aliphatic carbocycles. The van der Waals surface area contributed by atoms with E-state index in [1.54, 1.807) is 6.33 Å². The summed E-state index contributed by atoms with van der Waals surface area (Å²) in [7, 11) is 0. The SMILES string of the molecule is Cc1ccc(C)c(N2CCN(c3ncnc4c3c(-c3ccccc3)cn4-c3ccc(C)c(Cl)c3)CC2)c1. The summed E-state index contributed by atoms with van der Waals surface area (Å²) >= 11 is 6.52. The van der Waals surface area contributed by atoms with Gasteiger partial charge in [0.05, 0.1) is 5.39 Å². The van der Waals surface area contributed by atoms with Crippen LogP contribution in [0.25, 0.3) is 27.8 Å². The number of piperazine rings is 1. The maximum atomic E-state index is 6.52. The van der Waals surface area contributed by atoms with Crippen LogP contribution in [0.2, 0.25) is 5.02 Å². The minimum atomic E-state index is 0.748. The molecule has 0 N–H and O–H groups in total. The van der Waals surface area contributed by atoms with E-state index in [-0.39, 0.29) is 0 Å².